The van der Waals surface area contributed by atoms with Crippen LogP contribution in [0, 0.1) is 0 Å². The summed E-state index contributed by atoms with van der Waals surface area (Å²) in [5, 5.41) is 1.14. The highest BCUT2D eigenvalue weighted by atomic mass is 16.2. The van der Waals surface area contributed by atoms with Crippen molar-refractivity contribution in [3.8, 4) is 0 Å². The Bertz CT molecular complexity index is 1170. The number of hydrogen-bond acceptors (Lipinski definition) is 3. The van der Waals surface area contributed by atoms with Gasteiger partial charge in [0, 0.05) is 50.3 Å². The summed E-state index contributed by atoms with van der Waals surface area (Å²) in [5.41, 5.74) is 4.36. The van der Waals surface area contributed by atoms with Crippen LogP contribution in [0.1, 0.15) is 11.4 Å². The third-order valence-corrected chi connectivity index (χ3v) is 5.99. The van der Waals surface area contributed by atoms with Crippen molar-refractivity contribution >= 4 is 27.8 Å². The molecule has 0 unspecified atom stereocenters. The molecule has 0 spiro atoms. The van der Waals surface area contributed by atoms with Crippen LogP contribution in [0.5, 0.6) is 0 Å². The van der Waals surface area contributed by atoms with E-state index < -0.39 is 0 Å². The molecule has 6 heteroatoms. The first-order valence-corrected chi connectivity index (χ1v) is 10.1. The first-order valence-electron chi connectivity index (χ1n) is 10.1. The van der Waals surface area contributed by atoms with Crippen molar-refractivity contribution < 1.29 is 4.79 Å². The van der Waals surface area contributed by atoms with Crippen LogP contribution in [-0.4, -0.2) is 56.4 Å². The van der Waals surface area contributed by atoms with Gasteiger partial charge in [0.15, 0.2) is 0 Å². The number of H-pyrrole nitrogens is 1. The highest BCUT2D eigenvalue weighted by Crippen LogP contribution is 2.20. The minimum Gasteiger partial charge on any atom is -0.361 e. The number of aromatic nitrogens is 3. The highest BCUT2D eigenvalue weighted by Gasteiger charge is 2.23. The van der Waals surface area contributed by atoms with Crippen molar-refractivity contribution in [2.45, 2.75) is 13.0 Å². The van der Waals surface area contributed by atoms with Gasteiger partial charge in [0.1, 0.15) is 5.82 Å². The Kier molecular flexibility index (Phi) is 4.56. The predicted octanol–water partition coefficient (Wildman–Crippen LogP) is 2.94. The second-order valence-corrected chi connectivity index (χ2v) is 7.77. The average molecular weight is 387 g/mol. The molecule has 6 nitrogen and oxygen atoms in total. The van der Waals surface area contributed by atoms with Gasteiger partial charge in [-0.25, -0.2) is 4.98 Å². The van der Waals surface area contributed by atoms with E-state index in [4.69, 9.17) is 4.98 Å². The number of rotatable bonds is 4. The van der Waals surface area contributed by atoms with Crippen LogP contribution in [0.15, 0.2) is 54.7 Å². The molecule has 4 aromatic rings. The molecule has 1 N–H and O–H groups in total. The zero-order valence-electron chi connectivity index (χ0n) is 16.6. The van der Waals surface area contributed by atoms with E-state index in [1.807, 2.05) is 41.4 Å². The Morgan fingerprint density at radius 1 is 1.03 bits per heavy atom. The molecule has 2 aromatic heterocycles. The van der Waals surface area contributed by atoms with Crippen LogP contribution >= 0.6 is 0 Å². The van der Waals surface area contributed by atoms with Gasteiger partial charge in [-0.1, -0.05) is 30.3 Å². The summed E-state index contributed by atoms with van der Waals surface area (Å²) in [4.78, 5) is 25.2. The Balaban J connectivity index is 1.21. The third-order valence-electron chi connectivity index (χ3n) is 5.99. The lowest BCUT2D eigenvalue weighted by molar-refractivity contribution is -0.132. The van der Waals surface area contributed by atoms with Gasteiger partial charge < -0.3 is 14.5 Å². The molecule has 3 heterocycles. The molecule has 1 amide bonds. The van der Waals surface area contributed by atoms with E-state index in [0.29, 0.717) is 6.42 Å². The fraction of sp³-hybridized carbons (Fsp3) is 0.304. The Morgan fingerprint density at radius 2 is 1.79 bits per heavy atom. The smallest absolute Gasteiger partial charge is 0.227 e. The van der Waals surface area contributed by atoms with E-state index >= 15 is 0 Å². The molecule has 29 heavy (non-hydrogen) atoms. The van der Waals surface area contributed by atoms with Crippen LogP contribution < -0.4 is 0 Å². The number of amides is 1. The van der Waals surface area contributed by atoms with Gasteiger partial charge >= 0.3 is 0 Å². The fourth-order valence-electron chi connectivity index (χ4n) is 4.24. The maximum atomic E-state index is 12.8. The number of nitrogens with zero attached hydrogens (tertiary/aromatic N) is 4. The SMILES string of the molecule is Cn1c(CN2CCN(C(=O)Cc3c[nH]c4ccccc34)CC2)nc2ccccc21. The Labute approximate surface area is 169 Å². The lowest BCUT2D eigenvalue weighted by Crippen LogP contribution is -2.48. The van der Waals surface area contributed by atoms with Gasteiger partial charge in [-0.2, -0.15) is 0 Å². The summed E-state index contributed by atoms with van der Waals surface area (Å²) in [6.45, 7) is 4.11. The molecule has 1 aliphatic rings. The molecule has 0 bridgehead atoms. The molecule has 0 atom stereocenters. The fourth-order valence-corrected chi connectivity index (χ4v) is 4.24. The largest absolute Gasteiger partial charge is 0.361 e. The van der Waals surface area contributed by atoms with Crippen molar-refractivity contribution in [1.82, 2.24) is 24.3 Å². The number of aromatic amines is 1. The minimum atomic E-state index is 0.206. The lowest BCUT2D eigenvalue weighted by Gasteiger charge is -2.34. The van der Waals surface area contributed by atoms with Gasteiger partial charge in [-0.15, -0.1) is 0 Å². The van der Waals surface area contributed by atoms with Crippen LogP contribution in [0.3, 0.4) is 0 Å². The maximum absolute atomic E-state index is 12.8. The second kappa shape index (κ2) is 7.37. The number of carbonyl (C=O) groups is 1. The molecule has 2 aromatic carbocycles. The summed E-state index contributed by atoms with van der Waals surface area (Å²) in [7, 11) is 2.08. The second-order valence-electron chi connectivity index (χ2n) is 7.77. The van der Waals surface area contributed by atoms with Crippen LogP contribution in [0.4, 0.5) is 0 Å². The molecule has 1 saturated heterocycles. The number of imidazole rings is 1. The summed E-state index contributed by atoms with van der Waals surface area (Å²) in [6.07, 6.45) is 2.42. The number of piperazine rings is 1. The normalized spacial score (nSPS) is 15.4. The van der Waals surface area contributed by atoms with Crippen molar-refractivity contribution in [3.63, 3.8) is 0 Å². The Morgan fingerprint density at radius 3 is 2.62 bits per heavy atom. The molecular weight excluding hydrogens is 362 g/mol. The summed E-state index contributed by atoms with van der Waals surface area (Å²) in [5.74, 6) is 1.28. The minimum absolute atomic E-state index is 0.206. The van der Waals surface area contributed by atoms with Crippen LogP contribution in [0.2, 0.25) is 0 Å². The first-order chi connectivity index (χ1) is 14.2. The first kappa shape index (κ1) is 17.9. The zero-order chi connectivity index (χ0) is 19.8. The van der Waals surface area contributed by atoms with Crippen molar-refractivity contribution in [3.05, 3.63) is 66.1 Å². The standard InChI is InChI=1S/C23H25N5O/c1-26-21-9-5-4-8-20(21)25-22(26)16-27-10-12-28(13-11-27)23(29)14-17-15-24-19-7-3-2-6-18(17)19/h2-9,15,24H,10-14,16H2,1H3. The quantitative estimate of drug-likeness (QED) is 0.586. The van der Waals surface area contributed by atoms with E-state index in [1.54, 1.807) is 0 Å². The monoisotopic (exact) mass is 387 g/mol. The number of fused-ring (bicyclic) bond motifs is 2. The summed E-state index contributed by atoms with van der Waals surface area (Å²) in [6, 6.07) is 16.4. The van der Waals surface area contributed by atoms with Gasteiger partial charge in [0.25, 0.3) is 0 Å². The number of hydrogen-bond donors (Lipinski definition) is 1. The molecule has 1 aliphatic heterocycles. The van der Waals surface area contributed by atoms with Gasteiger partial charge in [-0.3, -0.25) is 9.69 Å². The molecule has 0 aliphatic carbocycles. The molecule has 148 valence electrons. The number of carbonyl (C=O) groups excluding carboxylic acids is 1. The molecular formula is C23H25N5O. The van der Waals surface area contributed by atoms with E-state index in [-0.39, 0.29) is 5.91 Å². The number of aryl methyl sites for hydroxylation is 1. The summed E-state index contributed by atoms with van der Waals surface area (Å²) < 4.78 is 2.17. The predicted molar refractivity (Wildman–Crippen MR) is 115 cm³/mol. The highest BCUT2D eigenvalue weighted by molar-refractivity contribution is 5.88. The maximum Gasteiger partial charge on any atom is 0.227 e. The van der Waals surface area contributed by atoms with Gasteiger partial charge in [0.05, 0.1) is 24.0 Å². The van der Waals surface area contributed by atoms with Gasteiger partial charge in [0.2, 0.25) is 5.91 Å². The van der Waals surface area contributed by atoms with Crippen molar-refractivity contribution in [2.75, 3.05) is 26.2 Å². The molecule has 0 radical (unpaired) electrons. The van der Waals surface area contributed by atoms with Gasteiger partial charge in [-0.05, 0) is 23.8 Å². The van der Waals surface area contributed by atoms with E-state index in [1.165, 1.54) is 0 Å². The van der Waals surface area contributed by atoms with Crippen LogP contribution in [0.25, 0.3) is 21.9 Å². The summed E-state index contributed by atoms with van der Waals surface area (Å²) >= 11 is 0. The molecule has 1 fully saturated rings. The van der Waals surface area contributed by atoms with Crippen molar-refractivity contribution in [1.29, 1.82) is 0 Å². The van der Waals surface area contributed by atoms with E-state index in [9.17, 15) is 4.79 Å². The van der Waals surface area contributed by atoms with Crippen molar-refractivity contribution in [2.24, 2.45) is 7.05 Å². The number of nitrogens with one attached hydrogen (secondary N) is 1. The van der Waals surface area contributed by atoms with Crippen LogP contribution in [-0.2, 0) is 24.8 Å². The molecule has 0 saturated carbocycles. The number of benzene rings is 2. The molecule has 5 rings (SSSR count). The van der Waals surface area contributed by atoms with E-state index in [0.717, 1.165) is 66.0 Å². The topological polar surface area (TPSA) is 57.2 Å². The average Bonchev–Trinajstić information content (AvgIpc) is 3.30. The number of para-hydroxylation sites is 3. The van der Waals surface area contributed by atoms with E-state index in [2.05, 4.69) is 39.7 Å². The third kappa shape index (κ3) is 3.40. The zero-order valence-corrected chi connectivity index (χ0v) is 16.6. The lowest BCUT2D eigenvalue weighted by atomic mass is 10.1. The Hall–Kier alpha value is -3.12.